The molecule has 14 heavy (non-hydrogen) atoms. The molecule has 0 aromatic rings. The molecule has 0 aliphatic carbocycles. The van der Waals surface area contributed by atoms with Crippen LogP contribution in [0.1, 0.15) is 46.5 Å². The zero-order chi connectivity index (χ0) is 10.8. The summed E-state index contributed by atoms with van der Waals surface area (Å²) < 4.78 is 11.2. The van der Waals surface area contributed by atoms with Crippen molar-refractivity contribution in [3.8, 4) is 0 Å². The number of ether oxygens (including phenoxy) is 2. The van der Waals surface area contributed by atoms with E-state index >= 15 is 0 Å². The SMILES string of the molecule is [CH2]C(CC)OCC(CC)OCCCC. The van der Waals surface area contributed by atoms with Crippen LogP contribution in [0.3, 0.4) is 0 Å². The van der Waals surface area contributed by atoms with Gasteiger partial charge >= 0.3 is 0 Å². The molecule has 0 rings (SSSR count). The summed E-state index contributed by atoms with van der Waals surface area (Å²) in [5, 5.41) is 0. The second kappa shape index (κ2) is 9.47. The van der Waals surface area contributed by atoms with Gasteiger partial charge in [-0.05, 0) is 26.2 Å². The smallest absolute Gasteiger partial charge is 0.0806 e. The summed E-state index contributed by atoms with van der Waals surface area (Å²) in [6.07, 6.45) is 4.66. The van der Waals surface area contributed by atoms with Gasteiger partial charge in [0.15, 0.2) is 0 Å². The van der Waals surface area contributed by atoms with Crippen LogP contribution in [0.25, 0.3) is 0 Å². The fraction of sp³-hybridized carbons (Fsp3) is 0.917. The molecule has 0 saturated carbocycles. The van der Waals surface area contributed by atoms with E-state index in [1.165, 1.54) is 6.42 Å². The Morgan fingerprint density at radius 1 is 1.07 bits per heavy atom. The van der Waals surface area contributed by atoms with Crippen molar-refractivity contribution in [2.45, 2.75) is 58.7 Å². The fourth-order valence-electron chi connectivity index (χ4n) is 1.04. The Morgan fingerprint density at radius 2 is 1.79 bits per heavy atom. The van der Waals surface area contributed by atoms with Gasteiger partial charge in [0.25, 0.3) is 0 Å². The van der Waals surface area contributed by atoms with Crippen molar-refractivity contribution in [1.29, 1.82) is 0 Å². The van der Waals surface area contributed by atoms with E-state index in [0.29, 0.717) is 6.61 Å². The highest BCUT2D eigenvalue weighted by Gasteiger charge is 2.08. The van der Waals surface area contributed by atoms with Gasteiger partial charge < -0.3 is 9.47 Å². The van der Waals surface area contributed by atoms with Crippen LogP contribution in [-0.2, 0) is 9.47 Å². The molecule has 0 aromatic carbocycles. The van der Waals surface area contributed by atoms with Crippen LogP contribution >= 0.6 is 0 Å². The average molecular weight is 201 g/mol. The second-order valence-corrected chi connectivity index (χ2v) is 3.62. The highest BCUT2D eigenvalue weighted by molar-refractivity contribution is 4.60. The minimum absolute atomic E-state index is 0.110. The van der Waals surface area contributed by atoms with Gasteiger partial charge in [0, 0.05) is 6.61 Å². The third-order valence-corrected chi connectivity index (χ3v) is 2.28. The van der Waals surface area contributed by atoms with Gasteiger partial charge in [-0.2, -0.15) is 0 Å². The number of rotatable bonds is 9. The lowest BCUT2D eigenvalue weighted by molar-refractivity contribution is -0.0357. The monoisotopic (exact) mass is 201 g/mol. The Morgan fingerprint density at radius 3 is 2.29 bits per heavy atom. The van der Waals surface area contributed by atoms with Crippen LogP contribution < -0.4 is 0 Å². The molecular formula is C12H25O2. The first-order chi connectivity index (χ1) is 6.74. The van der Waals surface area contributed by atoms with Crippen LogP contribution in [-0.4, -0.2) is 25.4 Å². The van der Waals surface area contributed by atoms with E-state index in [4.69, 9.17) is 9.47 Å². The predicted octanol–water partition coefficient (Wildman–Crippen LogP) is 3.21. The van der Waals surface area contributed by atoms with Gasteiger partial charge in [-0.15, -0.1) is 0 Å². The lowest BCUT2D eigenvalue weighted by atomic mass is 10.2. The molecule has 2 unspecified atom stereocenters. The summed E-state index contributed by atoms with van der Waals surface area (Å²) in [4.78, 5) is 0. The molecule has 0 fully saturated rings. The van der Waals surface area contributed by atoms with E-state index in [1.54, 1.807) is 0 Å². The fourth-order valence-corrected chi connectivity index (χ4v) is 1.04. The van der Waals surface area contributed by atoms with E-state index in [-0.39, 0.29) is 12.2 Å². The zero-order valence-electron chi connectivity index (χ0n) is 9.92. The lowest BCUT2D eigenvalue weighted by Gasteiger charge is -2.18. The lowest BCUT2D eigenvalue weighted by Crippen LogP contribution is -2.22. The third kappa shape index (κ3) is 7.34. The van der Waals surface area contributed by atoms with Gasteiger partial charge in [0.1, 0.15) is 0 Å². The molecule has 1 radical (unpaired) electrons. The number of hydrogen-bond donors (Lipinski definition) is 0. The minimum atomic E-state index is 0.110. The standard InChI is InChI=1S/C12H25O2/c1-5-8-9-13-12(7-3)10-14-11(4)6-2/h11-12H,4-10H2,1-3H3. The Labute approximate surface area is 89.0 Å². The largest absolute Gasteiger partial charge is 0.376 e. The number of unbranched alkanes of at least 4 members (excludes halogenated alkanes) is 1. The Kier molecular flexibility index (Phi) is 9.42. The number of hydrogen-bond acceptors (Lipinski definition) is 2. The van der Waals surface area contributed by atoms with E-state index in [9.17, 15) is 0 Å². The molecule has 0 heterocycles. The minimum Gasteiger partial charge on any atom is -0.376 e. The molecule has 2 atom stereocenters. The third-order valence-electron chi connectivity index (χ3n) is 2.28. The summed E-state index contributed by atoms with van der Waals surface area (Å²) >= 11 is 0. The Bertz CT molecular complexity index is 115. The van der Waals surface area contributed by atoms with Crippen LogP contribution in [0.2, 0.25) is 0 Å². The maximum atomic E-state index is 5.67. The first-order valence-electron chi connectivity index (χ1n) is 5.80. The topological polar surface area (TPSA) is 18.5 Å². The van der Waals surface area contributed by atoms with Crippen molar-refractivity contribution in [3.05, 3.63) is 6.92 Å². The van der Waals surface area contributed by atoms with Gasteiger partial charge in [0.2, 0.25) is 0 Å². The van der Waals surface area contributed by atoms with E-state index in [0.717, 1.165) is 25.9 Å². The molecule has 0 spiro atoms. The summed E-state index contributed by atoms with van der Waals surface area (Å²) in [6.45, 7) is 11.8. The van der Waals surface area contributed by atoms with Crippen LogP contribution in [0.15, 0.2) is 0 Å². The second-order valence-electron chi connectivity index (χ2n) is 3.62. The van der Waals surface area contributed by atoms with Crippen molar-refractivity contribution < 1.29 is 9.47 Å². The summed E-state index contributed by atoms with van der Waals surface area (Å²) in [6, 6.07) is 0. The highest BCUT2D eigenvalue weighted by Crippen LogP contribution is 2.04. The maximum absolute atomic E-state index is 5.67. The normalized spacial score (nSPS) is 15.4. The maximum Gasteiger partial charge on any atom is 0.0806 e. The molecule has 85 valence electrons. The van der Waals surface area contributed by atoms with Crippen LogP contribution in [0.5, 0.6) is 0 Å². The summed E-state index contributed by atoms with van der Waals surface area (Å²) in [5.41, 5.74) is 0. The molecule has 0 bridgehead atoms. The quantitative estimate of drug-likeness (QED) is 0.533. The van der Waals surface area contributed by atoms with E-state index in [2.05, 4.69) is 27.7 Å². The Balaban J connectivity index is 3.47. The van der Waals surface area contributed by atoms with Crippen molar-refractivity contribution in [2.24, 2.45) is 0 Å². The molecule has 0 aliphatic heterocycles. The average Bonchev–Trinajstić information content (AvgIpc) is 2.22. The predicted molar refractivity (Wildman–Crippen MR) is 60.3 cm³/mol. The molecule has 2 heteroatoms. The van der Waals surface area contributed by atoms with Crippen LogP contribution in [0, 0.1) is 6.92 Å². The van der Waals surface area contributed by atoms with Crippen molar-refractivity contribution in [3.63, 3.8) is 0 Å². The first kappa shape index (κ1) is 13.9. The molecule has 0 aromatic heterocycles. The molecule has 0 amide bonds. The molecule has 2 nitrogen and oxygen atoms in total. The van der Waals surface area contributed by atoms with Crippen LogP contribution in [0.4, 0.5) is 0 Å². The van der Waals surface area contributed by atoms with Crippen molar-refractivity contribution in [2.75, 3.05) is 13.2 Å². The van der Waals surface area contributed by atoms with Gasteiger partial charge in [-0.25, -0.2) is 0 Å². The van der Waals surface area contributed by atoms with Crippen molar-refractivity contribution in [1.82, 2.24) is 0 Å². The summed E-state index contributed by atoms with van der Waals surface area (Å²) in [5.74, 6) is 0. The zero-order valence-corrected chi connectivity index (χ0v) is 9.92. The molecule has 0 N–H and O–H groups in total. The molecular weight excluding hydrogens is 176 g/mol. The van der Waals surface area contributed by atoms with Crippen molar-refractivity contribution >= 4 is 0 Å². The molecule has 0 saturated heterocycles. The van der Waals surface area contributed by atoms with E-state index < -0.39 is 0 Å². The van der Waals surface area contributed by atoms with Gasteiger partial charge in [-0.3, -0.25) is 0 Å². The van der Waals surface area contributed by atoms with E-state index in [1.807, 2.05) is 0 Å². The summed E-state index contributed by atoms with van der Waals surface area (Å²) in [7, 11) is 0. The first-order valence-corrected chi connectivity index (χ1v) is 5.80. The Hall–Kier alpha value is -0.0800. The van der Waals surface area contributed by atoms with Gasteiger partial charge in [-0.1, -0.05) is 27.2 Å². The van der Waals surface area contributed by atoms with Gasteiger partial charge in [0.05, 0.1) is 18.8 Å². The molecule has 0 aliphatic rings. The highest BCUT2D eigenvalue weighted by atomic mass is 16.5.